The monoisotopic (exact) mass is 306 g/mol. The Hall–Kier alpha value is -1.54. The molecule has 1 atom stereocenters. The molecule has 0 spiro atoms. The summed E-state index contributed by atoms with van der Waals surface area (Å²) >= 11 is 0. The van der Waals surface area contributed by atoms with Crippen LogP contribution in [-0.4, -0.2) is 30.8 Å². The molecule has 0 saturated carbocycles. The highest BCUT2D eigenvalue weighted by Crippen LogP contribution is 2.34. The van der Waals surface area contributed by atoms with Crippen molar-refractivity contribution in [3.8, 4) is 0 Å². The molecule has 0 bridgehead atoms. The van der Waals surface area contributed by atoms with Gasteiger partial charge < -0.3 is 4.74 Å². The summed E-state index contributed by atoms with van der Waals surface area (Å²) in [6.07, 6.45) is 1.06. The molecule has 0 aliphatic heterocycles. The molecule has 0 fully saturated rings. The molecule has 1 unspecified atom stereocenters. The van der Waals surface area contributed by atoms with Crippen LogP contribution in [0.1, 0.15) is 23.5 Å². The van der Waals surface area contributed by atoms with Crippen LogP contribution in [0.2, 0.25) is 0 Å². The molecule has 0 radical (unpaired) electrons. The summed E-state index contributed by atoms with van der Waals surface area (Å²) in [6, 6.07) is 7.06. The Balaban J connectivity index is 2.05. The number of rotatable bonds is 4. The van der Waals surface area contributed by atoms with E-state index in [1.165, 1.54) is 0 Å². The van der Waals surface area contributed by atoms with Crippen molar-refractivity contribution in [2.45, 2.75) is 24.0 Å². The highest BCUT2D eigenvalue weighted by Gasteiger charge is 2.46. The summed E-state index contributed by atoms with van der Waals surface area (Å²) in [5, 5.41) is -4.50. The molecule has 1 N–H and O–H groups in total. The van der Waals surface area contributed by atoms with E-state index in [4.69, 9.17) is 4.55 Å². The fourth-order valence-electron chi connectivity index (χ4n) is 2.13. The van der Waals surface area contributed by atoms with Gasteiger partial charge in [0.25, 0.3) is 0 Å². The van der Waals surface area contributed by atoms with Gasteiger partial charge in [0.1, 0.15) is 0 Å². The predicted octanol–water partition coefficient (Wildman–Crippen LogP) is 1.74. The molecule has 1 aliphatic rings. The molecule has 5 nitrogen and oxygen atoms in total. The minimum absolute atomic E-state index is 0.426. The number of benzene rings is 1. The van der Waals surface area contributed by atoms with Gasteiger partial charge in [-0.25, -0.2) is 0 Å². The SMILES string of the molecule is O=C(OCC(F)(F)S(=O)(=O)O)C1CCc2ccccc21. The van der Waals surface area contributed by atoms with E-state index in [0.717, 1.165) is 5.56 Å². The van der Waals surface area contributed by atoms with Crippen LogP contribution in [0.25, 0.3) is 0 Å². The molecule has 1 aromatic rings. The van der Waals surface area contributed by atoms with Crippen molar-refractivity contribution in [1.82, 2.24) is 0 Å². The van der Waals surface area contributed by atoms with Crippen molar-refractivity contribution in [3.63, 3.8) is 0 Å². The molecule has 0 aromatic heterocycles. The number of aryl methyl sites for hydroxylation is 1. The third-order valence-electron chi connectivity index (χ3n) is 3.18. The molecule has 8 heteroatoms. The molecule has 1 aromatic carbocycles. The standard InChI is InChI=1S/C12H12F2O5S/c13-12(14,20(16,17)18)7-19-11(15)10-6-5-8-3-1-2-4-9(8)10/h1-4,10H,5-7H2,(H,16,17,18). The Kier molecular flexibility index (Phi) is 3.79. The highest BCUT2D eigenvalue weighted by atomic mass is 32.2. The minimum Gasteiger partial charge on any atom is -0.457 e. The largest absolute Gasteiger partial charge is 0.457 e. The smallest absolute Gasteiger partial charge is 0.402 e. The van der Waals surface area contributed by atoms with E-state index in [9.17, 15) is 22.0 Å². The van der Waals surface area contributed by atoms with Crippen LogP contribution in [0.5, 0.6) is 0 Å². The van der Waals surface area contributed by atoms with Gasteiger partial charge in [0, 0.05) is 0 Å². The first kappa shape index (κ1) is 14.9. The zero-order valence-corrected chi connectivity index (χ0v) is 11.1. The maximum atomic E-state index is 13.0. The second-order valence-corrected chi connectivity index (χ2v) is 6.06. The molecular weight excluding hydrogens is 294 g/mol. The molecular formula is C12H12F2O5S. The number of esters is 1. The van der Waals surface area contributed by atoms with Crippen molar-refractivity contribution in [2.24, 2.45) is 0 Å². The first-order valence-electron chi connectivity index (χ1n) is 5.81. The quantitative estimate of drug-likeness (QED) is 0.677. The van der Waals surface area contributed by atoms with Gasteiger partial charge in [-0.2, -0.15) is 17.2 Å². The lowest BCUT2D eigenvalue weighted by Crippen LogP contribution is -2.35. The number of ether oxygens (including phenoxy) is 1. The Morgan fingerprint density at radius 2 is 2.05 bits per heavy atom. The summed E-state index contributed by atoms with van der Waals surface area (Å²) in [6.45, 7) is -1.69. The van der Waals surface area contributed by atoms with Crippen LogP contribution >= 0.6 is 0 Å². The van der Waals surface area contributed by atoms with Crippen LogP contribution in [0.3, 0.4) is 0 Å². The summed E-state index contributed by atoms with van der Waals surface area (Å²) in [5.41, 5.74) is 1.64. The van der Waals surface area contributed by atoms with Gasteiger partial charge in [0.15, 0.2) is 6.61 Å². The van der Waals surface area contributed by atoms with E-state index in [2.05, 4.69) is 4.74 Å². The lowest BCUT2D eigenvalue weighted by atomic mass is 10.0. The van der Waals surface area contributed by atoms with Crippen LogP contribution in [0, 0.1) is 0 Å². The lowest BCUT2D eigenvalue weighted by molar-refractivity contribution is -0.151. The maximum Gasteiger partial charge on any atom is 0.402 e. The summed E-state index contributed by atoms with van der Waals surface area (Å²) < 4.78 is 59.4. The second-order valence-electron chi connectivity index (χ2n) is 4.51. The number of alkyl halides is 2. The molecule has 1 aliphatic carbocycles. The van der Waals surface area contributed by atoms with E-state index in [-0.39, 0.29) is 0 Å². The van der Waals surface area contributed by atoms with Crippen LogP contribution < -0.4 is 0 Å². The van der Waals surface area contributed by atoms with Gasteiger partial charge in [0.2, 0.25) is 0 Å². The number of fused-ring (bicyclic) bond motifs is 1. The van der Waals surface area contributed by atoms with Gasteiger partial charge >= 0.3 is 21.3 Å². The topological polar surface area (TPSA) is 80.7 Å². The van der Waals surface area contributed by atoms with Crippen LogP contribution in [0.15, 0.2) is 24.3 Å². The van der Waals surface area contributed by atoms with Crippen molar-refractivity contribution in [1.29, 1.82) is 0 Å². The number of carbonyl (C=O) groups excluding carboxylic acids is 1. The third kappa shape index (κ3) is 2.80. The average Bonchev–Trinajstić information content (AvgIpc) is 2.78. The molecule has 0 saturated heterocycles. The molecule has 0 heterocycles. The van der Waals surface area contributed by atoms with Crippen LogP contribution in [-0.2, 0) is 26.1 Å². The van der Waals surface area contributed by atoms with Crippen molar-refractivity contribution in [3.05, 3.63) is 35.4 Å². The van der Waals surface area contributed by atoms with Gasteiger partial charge in [-0.05, 0) is 24.0 Å². The van der Waals surface area contributed by atoms with E-state index in [0.29, 0.717) is 18.4 Å². The van der Waals surface area contributed by atoms with Gasteiger partial charge in [-0.3, -0.25) is 9.35 Å². The fourth-order valence-corrected chi connectivity index (χ4v) is 2.34. The van der Waals surface area contributed by atoms with Gasteiger partial charge in [-0.1, -0.05) is 24.3 Å². The first-order chi connectivity index (χ1) is 9.22. The maximum absolute atomic E-state index is 13.0. The van der Waals surface area contributed by atoms with Crippen molar-refractivity contribution >= 4 is 16.1 Å². The fraction of sp³-hybridized carbons (Fsp3) is 0.417. The normalized spacial score (nSPS) is 18.6. The number of hydrogen-bond donors (Lipinski definition) is 1. The summed E-state index contributed by atoms with van der Waals surface area (Å²) in [4.78, 5) is 11.7. The Morgan fingerprint density at radius 1 is 1.40 bits per heavy atom. The summed E-state index contributed by atoms with van der Waals surface area (Å²) in [5.74, 6) is -1.60. The summed E-state index contributed by atoms with van der Waals surface area (Å²) in [7, 11) is -5.59. The Morgan fingerprint density at radius 3 is 2.70 bits per heavy atom. The van der Waals surface area contributed by atoms with E-state index >= 15 is 0 Å². The zero-order chi connectivity index (χ0) is 15.0. The van der Waals surface area contributed by atoms with Crippen molar-refractivity contribution in [2.75, 3.05) is 6.61 Å². The molecule has 0 amide bonds. The van der Waals surface area contributed by atoms with E-state index in [1.54, 1.807) is 18.2 Å². The average molecular weight is 306 g/mol. The number of hydrogen-bond acceptors (Lipinski definition) is 4. The van der Waals surface area contributed by atoms with E-state index in [1.807, 2.05) is 6.07 Å². The lowest BCUT2D eigenvalue weighted by Gasteiger charge is -2.15. The Bertz CT molecular complexity index is 626. The first-order valence-corrected chi connectivity index (χ1v) is 7.26. The van der Waals surface area contributed by atoms with Gasteiger partial charge in [-0.15, -0.1) is 0 Å². The highest BCUT2D eigenvalue weighted by molar-refractivity contribution is 7.86. The number of carbonyl (C=O) groups is 1. The third-order valence-corrected chi connectivity index (χ3v) is 4.05. The number of halogens is 2. The van der Waals surface area contributed by atoms with Crippen molar-refractivity contribution < 1.29 is 31.3 Å². The van der Waals surface area contributed by atoms with E-state index < -0.39 is 33.9 Å². The Labute approximate surface area is 114 Å². The van der Waals surface area contributed by atoms with Gasteiger partial charge in [0.05, 0.1) is 5.92 Å². The second kappa shape index (κ2) is 5.10. The molecule has 2 rings (SSSR count). The van der Waals surface area contributed by atoms with Crippen LogP contribution in [0.4, 0.5) is 8.78 Å². The minimum atomic E-state index is -5.59. The predicted molar refractivity (Wildman–Crippen MR) is 65.0 cm³/mol. The molecule has 110 valence electrons. The zero-order valence-electron chi connectivity index (χ0n) is 10.3. The molecule has 20 heavy (non-hydrogen) atoms.